The normalized spacial score (nSPS) is 11.0. The summed E-state index contributed by atoms with van der Waals surface area (Å²) in [5.74, 6) is -1.78. The van der Waals surface area contributed by atoms with Gasteiger partial charge in [0.25, 0.3) is 0 Å². The zero-order valence-electron chi connectivity index (χ0n) is 11.5. The van der Waals surface area contributed by atoms with Gasteiger partial charge < -0.3 is 10.0 Å². The maximum atomic E-state index is 13.4. The van der Waals surface area contributed by atoms with Crippen molar-refractivity contribution in [3.8, 4) is 0 Å². The second kappa shape index (κ2) is 7.43. The number of nitrogens with zero attached hydrogens (tertiary/aromatic N) is 1. The van der Waals surface area contributed by atoms with E-state index in [0.717, 1.165) is 0 Å². The van der Waals surface area contributed by atoms with Crippen LogP contribution in [0.1, 0.15) is 19.4 Å². The number of carbonyl (C=O) groups excluding carboxylic acids is 1. The zero-order chi connectivity index (χ0) is 15.1. The van der Waals surface area contributed by atoms with Crippen molar-refractivity contribution in [1.29, 1.82) is 0 Å². The molecule has 1 rings (SSSR count). The predicted octanol–water partition coefficient (Wildman–Crippen LogP) is 2.41. The maximum absolute atomic E-state index is 13.4. The van der Waals surface area contributed by atoms with E-state index in [1.807, 2.05) is 13.8 Å². The van der Waals surface area contributed by atoms with Gasteiger partial charge in [0.05, 0.1) is 0 Å². The lowest BCUT2D eigenvalue weighted by molar-refractivity contribution is -0.143. The van der Waals surface area contributed by atoms with Crippen LogP contribution in [0.3, 0.4) is 0 Å². The molecule has 0 radical (unpaired) electrons. The minimum Gasteiger partial charge on any atom is -0.480 e. The largest absolute Gasteiger partial charge is 0.480 e. The maximum Gasteiger partial charge on any atom is 0.323 e. The van der Waals surface area contributed by atoms with Crippen molar-refractivity contribution in [3.05, 3.63) is 41.7 Å². The topological polar surface area (TPSA) is 57.6 Å². The quantitative estimate of drug-likeness (QED) is 0.813. The number of benzene rings is 1. The van der Waals surface area contributed by atoms with Crippen molar-refractivity contribution in [2.24, 2.45) is 5.92 Å². The first-order valence-corrected chi connectivity index (χ1v) is 6.33. The lowest BCUT2D eigenvalue weighted by Gasteiger charge is -2.21. The summed E-state index contributed by atoms with van der Waals surface area (Å²) in [6.07, 6.45) is 2.55. The molecule has 0 atom stereocenters. The van der Waals surface area contributed by atoms with Gasteiger partial charge in [-0.15, -0.1) is 0 Å². The van der Waals surface area contributed by atoms with Gasteiger partial charge in [0.15, 0.2) is 0 Å². The van der Waals surface area contributed by atoms with E-state index in [4.69, 9.17) is 5.11 Å². The predicted molar refractivity (Wildman–Crippen MR) is 74.5 cm³/mol. The molecular weight excluding hydrogens is 261 g/mol. The Morgan fingerprint density at radius 2 is 2.00 bits per heavy atom. The Morgan fingerprint density at radius 3 is 2.55 bits per heavy atom. The molecule has 0 heterocycles. The van der Waals surface area contributed by atoms with Crippen molar-refractivity contribution in [3.63, 3.8) is 0 Å². The van der Waals surface area contributed by atoms with Crippen LogP contribution >= 0.6 is 0 Å². The smallest absolute Gasteiger partial charge is 0.323 e. The minimum atomic E-state index is -1.07. The number of aliphatic carboxylic acids is 1. The van der Waals surface area contributed by atoms with E-state index in [-0.39, 0.29) is 12.5 Å². The third-order valence-corrected chi connectivity index (χ3v) is 2.53. The summed E-state index contributed by atoms with van der Waals surface area (Å²) in [4.78, 5) is 23.9. The van der Waals surface area contributed by atoms with Crippen molar-refractivity contribution >= 4 is 18.0 Å². The molecule has 1 N–H and O–H groups in total. The number of amides is 1. The Labute approximate surface area is 117 Å². The van der Waals surface area contributed by atoms with Gasteiger partial charge >= 0.3 is 5.97 Å². The molecular formula is C15H18FNO3. The molecule has 1 amide bonds. The molecule has 0 bridgehead atoms. The van der Waals surface area contributed by atoms with Gasteiger partial charge in [-0.1, -0.05) is 32.0 Å². The first-order chi connectivity index (χ1) is 9.40. The molecule has 0 aromatic heterocycles. The highest BCUT2D eigenvalue weighted by molar-refractivity contribution is 5.93. The second-order valence-electron chi connectivity index (χ2n) is 4.86. The van der Waals surface area contributed by atoms with Gasteiger partial charge in [-0.3, -0.25) is 9.59 Å². The Hall–Kier alpha value is -2.17. The molecule has 0 unspecified atom stereocenters. The van der Waals surface area contributed by atoms with Gasteiger partial charge in [0, 0.05) is 18.2 Å². The summed E-state index contributed by atoms with van der Waals surface area (Å²) in [5.41, 5.74) is 0.292. The highest BCUT2D eigenvalue weighted by Gasteiger charge is 2.15. The van der Waals surface area contributed by atoms with Crippen LogP contribution in [0.5, 0.6) is 0 Å². The van der Waals surface area contributed by atoms with E-state index in [9.17, 15) is 14.0 Å². The lowest BCUT2D eigenvalue weighted by atomic mass is 10.2. The molecule has 0 aliphatic carbocycles. The van der Waals surface area contributed by atoms with E-state index in [1.165, 1.54) is 23.1 Å². The van der Waals surface area contributed by atoms with Crippen molar-refractivity contribution < 1.29 is 19.1 Å². The first kappa shape index (κ1) is 15.9. The van der Waals surface area contributed by atoms with E-state index >= 15 is 0 Å². The highest BCUT2D eigenvalue weighted by atomic mass is 19.1. The van der Waals surface area contributed by atoms with Gasteiger partial charge in [-0.25, -0.2) is 4.39 Å². The van der Waals surface area contributed by atoms with Gasteiger partial charge in [-0.2, -0.15) is 0 Å². The van der Waals surface area contributed by atoms with E-state index in [1.54, 1.807) is 18.2 Å². The fourth-order valence-electron chi connectivity index (χ4n) is 1.71. The Balaban J connectivity index is 2.80. The number of hydrogen-bond donors (Lipinski definition) is 1. The zero-order valence-corrected chi connectivity index (χ0v) is 11.5. The molecule has 0 saturated heterocycles. The molecule has 4 nitrogen and oxygen atoms in total. The molecule has 0 spiro atoms. The molecule has 0 aliphatic heterocycles. The molecule has 1 aromatic carbocycles. The monoisotopic (exact) mass is 279 g/mol. The number of hydrogen-bond acceptors (Lipinski definition) is 2. The lowest BCUT2D eigenvalue weighted by Crippen LogP contribution is -2.37. The number of rotatable bonds is 6. The molecule has 0 saturated carbocycles. The standard InChI is InChI=1S/C15H18FNO3/c1-11(2)9-17(10-15(19)20)14(18)8-7-12-5-3-4-6-13(12)16/h3-8,11H,9-10H2,1-2H3,(H,19,20). The van der Waals surface area contributed by atoms with Crippen LogP contribution in [0.4, 0.5) is 4.39 Å². The SMILES string of the molecule is CC(C)CN(CC(=O)O)C(=O)C=Cc1ccccc1F. The third-order valence-electron chi connectivity index (χ3n) is 2.53. The summed E-state index contributed by atoms with van der Waals surface area (Å²) in [5, 5.41) is 8.80. The Bertz CT molecular complexity index is 512. The van der Waals surface area contributed by atoms with Crippen molar-refractivity contribution in [2.45, 2.75) is 13.8 Å². The molecule has 1 aromatic rings. The molecule has 20 heavy (non-hydrogen) atoms. The molecule has 0 fully saturated rings. The summed E-state index contributed by atoms with van der Waals surface area (Å²) in [7, 11) is 0. The number of carboxylic acids is 1. The average Bonchev–Trinajstić information content (AvgIpc) is 2.35. The average molecular weight is 279 g/mol. The van der Waals surface area contributed by atoms with E-state index in [0.29, 0.717) is 12.1 Å². The van der Waals surface area contributed by atoms with E-state index in [2.05, 4.69) is 0 Å². The highest BCUT2D eigenvalue weighted by Crippen LogP contribution is 2.09. The van der Waals surface area contributed by atoms with Crippen LogP contribution in [0, 0.1) is 11.7 Å². The Morgan fingerprint density at radius 1 is 1.35 bits per heavy atom. The van der Waals surface area contributed by atoms with Crippen LogP contribution in [0.25, 0.3) is 6.08 Å². The van der Waals surface area contributed by atoms with Crippen LogP contribution in [0.2, 0.25) is 0 Å². The summed E-state index contributed by atoms with van der Waals surface area (Å²) >= 11 is 0. The van der Waals surface area contributed by atoms with Crippen molar-refractivity contribution in [2.75, 3.05) is 13.1 Å². The second-order valence-corrected chi connectivity index (χ2v) is 4.86. The number of carboxylic acid groups (broad SMARTS) is 1. The van der Waals surface area contributed by atoms with Crippen LogP contribution < -0.4 is 0 Å². The van der Waals surface area contributed by atoms with Gasteiger partial charge in [0.2, 0.25) is 5.91 Å². The first-order valence-electron chi connectivity index (χ1n) is 6.33. The van der Waals surface area contributed by atoms with Gasteiger partial charge in [0.1, 0.15) is 12.4 Å². The fraction of sp³-hybridized carbons (Fsp3) is 0.333. The summed E-state index contributed by atoms with van der Waals surface area (Å²) < 4.78 is 13.4. The number of halogens is 1. The molecule has 0 aliphatic rings. The molecule has 5 heteroatoms. The van der Waals surface area contributed by atoms with Gasteiger partial charge in [-0.05, 0) is 18.1 Å². The fourth-order valence-corrected chi connectivity index (χ4v) is 1.71. The number of carbonyl (C=O) groups is 2. The minimum absolute atomic E-state index is 0.153. The summed E-state index contributed by atoms with van der Waals surface area (Å²) in [6, 6.07) is 6.07. The van der Waals surface area contributed by atoms with E-state index < -0.39 is 17.7 Å². The Kier molecular flexibility index (Phi) is 5.90. The van der Waals surface area contributed by atoms with Crippen LogP contribution in [0.15, 0.2) is 30.3 Å². The summed E-state index contributed by atoms with van der Waals surface area (Å²) in [6.45, 7) is 3.76. The van der Waals surface area contributed by atoms with Crippen LogP contribution in [-0.4, -0.2) is 35.0 Å². The van der Waals surface area contributed by atoms with Crippen LogP contribution in [-0.2, 0) is 9.59 Å². The molecule has 108 valence electrons. The third kappa shape index (κ3) is 5.22. The van der Waals surface area contributed by atoms with Crippen molar-refractivity contribution in [1.82, 2.24) is 4.90 Å².